The van der Waals surface area contributed by atoms with Gasteiger partial charge in [-0.25, -0.2) is 15.0 Å². The molecule has 2 aliphatic rings. The fourth-order valence-electron chi connectivity index (χ4n) is 5.59. The summed E-state index contributed by atoms with van der Waals surface area (Å²) in [6, 6.07) is 8.68. The van der Waals surface area contributed by atoms with Gasteiger partial charge >= 0.3 is 0 Å². The van der Waals surface area contributed by atoms with Crippen LogP contribution in [-0.2, 0) is 16.1 Å². The number of hydrogen-bond donors (Lipinski definition) is 1. The zero-order valence-electron chi connectivity index (χ0n) is 21.7. The summed E-state index contributed by atoms with van der Waals surface area (Å²) in [4.78, 5) is 53.9. The number of hydrogen-bond acceptors (Lipinski definition) is 7. The molecule has 0 bridgehead atoms. The van der Waals surface area contributed by atoms with Crippen LogP contribution < -0.4 is 5.32 Å². The van der Waals surface area contributed by atoms with Crippen molar-refractivity contribution in [2.75, 3.05) is 5.32 Å². The molecule has 1 saturated heterocycles. The predicted octanol–water partition coefficient (Wildman–Crippen LogP) is 4.18. The first-order valence-electron chi connectivity index (χ1n) is 12.7. The SMILES string of the molecule is CC(=O)c1nn(CC(=O)N2[C@H](C(=O)Nc3nc(Br)ccc3C)C[C@@]3(C)C[C@@H]23)c2ccc(-c3cncnc3)cc12. The van der Waals surface area contributed by atoms with Gasteiger partial charge in [0.15, 0.2) is 5.78 Å². The van der Waals surface area contributed by atoms with Crippen molar-refractivity contribution >= 4 is 50.2 Å². The van der Waals surface area contributed by atoms with Crippen LogP contribution in [0.5, 0.6) is 0 Å². The van der Waals surface area contributed by atoms with Gasteiger partial charge in [0.05, 0.1) is 5.52 Å². The van der Waals surface area contributed by atoms with Crippen molar-refractivity contribution < 1.29 is 14.4 Å². The third-order valence-corrected chi connectivity index (χ3v) is 8.23. The van der Waals surface area contributed by atoms with E-state index in [1.165, 1.54) is 13.3 Å². The zero-order chi connectivity index (χ0) is 27.5. The maximum atomic E-state index is 13.8. The molecule has 0 radical (unpaired) electrons. The second-order valence-corrected chi connectivity index (χ2v) is 11.4. The second kappa shape index (κ2) is 9.33. The number of likely N-dealkylation sites (tertiary alicyclic amines) is 1. The van der Waals surface area contributed by atoms with Crippen LogP contribution in [-0.4, -0.2) is 59.3 Å². The molecule has 39 heavy (non-hydrogen) atoms. The molecule has 4 heterocycles. The summed E-state index contributed by atoms with van der Waals surface area (Å²) in [5.74, 6) is -0.190. The summed E-state index contributed by atoms with van der Waals surface area (Å²) in [7, 11) is 0. The number of nitrogens with zero attached hydrogens (tertiary/aromatic N) is 6. The number of aryl methyl sites for hydroxylation is 1. The number of Topliss-reactive ketones (excluding diaryl/α,β-unsaturated/α-hetero) is 1. The van der Waals surface area contributed by atoms with Crippen molar-refractivity contribution in [3.63, 3.8) is 0 Å². The third kappa shape index (κ3) is 4.50. The molecule has 4 aromatic rings. The topological polar surface area (TPSA) is 123 Å². The van der Waals surface area contributed by atoms with Gasteiger partial charge in [-0.15, -0.1) is 0 Å². The van der Waals surface area contributed by atoms with Crippen LogP contribution in [0.25, 0.3) is 22.0 Å². The molecule has 3 atom stereocenters. The standard InChI is InChI=1S/C28H26BrN7O3/c1-15-4-7-23(29)32-26(15)33-27(39)21-9-28(3)10-22(28)36(21)24(38)13-35-20-6-5-17(18-11-30-14-31-12-18)8-19(20)25(34-35)16(2)37/h4-8,11-12,14,21-22H,9-10,13H2,1-3H3,(H,32,33,39)/t21-,22+,28-/m0/s1. The molecule has 2 fully saturated rings. The van der Waals surface area contributed by atoms with E-state index < -0.39 is 6.04 Å². The van der Waals surface area contributed by atoms with Crippen LogP contribution in [0.1, 0.15) is 42.7 Å². The minimum atomic E-state index is -0.611. The van der Waals surface area contributed by atoms with Gasteiger partial charge in [-0.05, 0) is 70.4 Å². The van der Waals surface area contributed by atoms with E-state index in [4.69, 9.17) is 0 Å². The van der Waals surface area contributed by atoms with E-state index in [2.05, 4.69) is 48.2 Å². The van der Waals surface area contributed by atoms with Crippen molar-refractivity contribution in [1.29, 1.82) is 0 Å². The number of nitrogens with one attached hydrogen (secondary N) is 1. The molecule has 1 saturated carbocycles. The second-order valence-electron chi connectivity index (χ2n) is 10.6. The highest BCUT2D eigenvalue weighted by Gasteiger charge is 2.64. The molecule has 1 aliphatic carbocycles. The Morgan fingerprint density at radius 1 is 1.10 bits per heavy atom. The van der Waals surface area contributed by atoms with Crippen LogP contribution in [0.3, 0.4) is 0 Å². The number of amides is 2. The van der Waals surface area contributed by atoms with Gasteiger partial charge in [-0.3, -0.25) is 19.1 Å². The highest BCUT2D eigenvalue weighted by atomic mass is 79.9. The summed E-state index contributed by atoms with van der Waals surface area (Å²) < 4.78 is 2.18. The Morgan fingerprint density at radius 3 is 2.62 bits per heavy atom. The van der Waals surface area contributed by atoms with Gasteiger partial charge in [0.2, 0.25) is 11.8 Å². The Kier molecular flexibility index (Phi) is 6.05. The number of anilines is 1. The van der Waals surface area contributed by atoms with Gasteiger partial charge in [-0.1, -0.05) is 19.1 Å². The molecular weight excluding hydrogens is 562 g/mol. The van der Waals surface area contributed by atoms with Crippen molar-refractivity contribution in [3.8, 4) is 11.1 Å². The van der Waals surface area contributed by atoms with Crippen LogP contribution >= 0.6 is 15.9 Å². The minimum absolute atomic E-state index is 0.00361. The average Bonchev–Trinajstić information content (AvgIpc) is 3.28. The number of piperidine rings is 1. The highest BCUT2D eigenvalue weighted by Crippen LogP contribution is 2.59. The van der Waals surface area contributed by atoms with Crippen LogP contribution in [0.15, 0.2) is 53.7 Å². The molecule has 0 spiro atoms. The van der Waals surface area contributed by atoms with E-state index >= 15 is 0 Å². The lowest BCUT2D eigenvalue weighted by molar-refractivity contribution is -0.138. The molecule has 0 unspecified atom stereocenters. The number of benzene rings is 1. The number of aromatic nitrogens is 5. The average molecular weight is 588 g/mol. The molecule has 198 valence electrons. The normalized spacial score (nSPS) is 21.6. The number of halogens is 1. The van der Waals surface area contributed by atoms with Gasteiger partial charge in [-0.2, -0.15) is 5.10 Å². The Labute approximate surface area is 233 Å². The van der Waals surface area contributed by atoms with E-state index in [0.29, 0.717) is 33.4 Å². The fraction of sp³-hybridized carbons (Fsp3) is 0.321. The molecule has 2 amide bonds. The number of carbonyl (C=O) groups is 3. The number of fused-ring (bicyclic) bond motifs is 2. The summed E-state index contributed by atoms with van der Waals surface area (Å²) in [6.07, 6.45) is 6.30. The lowest BCUT2D eigenvalue weighted by atomic mass is 10.0. The van der Waals surface area contributed by atoms with Crippen molar-refractivity contribution in [3.05, 3.63) is 64.9 Å². The number of ketones is 1. The maximum Gasteiger partial charge on any atom is 0.248 e. The van der Waals surface area contributed by atoms with E-state index in [0.717, 1.165) is 23.1 Å². The lowest BCUT2D eigenvalue weighted by Gasteiger charge is -2.27. The van der Waals surface area contributed by atoms with E-state index in [1.54, 1.807) is 22.0 Å². The quantitative estimate of drug-likeness (QED) is 0.265. The Balaban J connectivity index is 1.29. The monoisotopic (exact) mass is 587 g/mol. The van der Waals surface area contributed by atoms with Crippen molar-refractivity contribution in [1.82, 2.24) is 29.6 Å². The van der Waals surface area contributed by atoms with Gasteiger partial charge in [0, 0.05) is 36.3 Å². The van der Waals surface area contributed by atoms with Gasteiger partial charge in [0.25, 0.3) is 0 Å². The predicted molar refractivity (Wildman–Crippen MR) is 148 cm³/mol. The molecule has 1 aliphatic heterocycles. The Bertz CT molecular complexity index is 1650. The summed E-state index contributed by atoms with van der Waals surface area (Å²) >= 11 is 3.35. The van der Waals surface area contributed by atoms with E-state index in [-0.39, 0.29) is 35.6 Å². The molecule has 6 rings (SSSR count). The van der Waals surface area contributed by atoms with E-state index in [1.807, 2.05) is 37.3 Å². The zero-order valence-corrected chi connectivity index (χ0v) is 23.3. The van der Waals surface area contributed by atoms with Crippen LogP contribution in [0, 0.1) is 12.3 Å². The minimum Gasteiger partial charge on any atom is -0.325 e. The largest absolute Gasteiger partial charge is 0.325 e. The van der Waals surface area contributed by atoms with Crippen LogP contribution in [0.4, 0.5) is 5.82 Å². The third-order valence-electron chi connectivity index (χ3n) is 7.79. The first-order chi connectivity index (χ1) is 18.6. The number of carbonyl (C=O) groups excluding carboxylic acids is 3. The number of pyridine rings is 1. The summed E-state index contributed by atoms with van der Waals surface area (Å²) in [6.45, 7) is 5.36. The fourth-order valence-corrected chi connectivity index (χ4v) is 5.90. The molecule has 3 aromatic heterocycles. The highest BCUT2D eigenvalue weighted by molar-refractivity contribution is 9.10. The van der Waals surface area contributed by atoms with Crippen molar-refractivity contribution in [2.24, 2.45) is 5.41 Å². The van der Waals surface area contributed by atoms with Crippen molar-refractivity contribution in [2.45, 2.75) is 52.2 Å². The summed E-state index contributed by atoms with van der Waals surface area (Å²) in [5.41, 5.74) is 3.37. The summed E-state index contributed by atoms with van der Waals surface area (Å²) in [5, 5.41) is 8.09. The molecule has 1 N–H and O–H groups in total. The van der Waals surface area contributed by atoms with Crippen LogP contribution in [0.2, 0.25) is 0 Å². The van der Waals surface area contributed by atoms with Gasteiger partial charge in [0.1, 0.15) is 35.0 Å². The lowest BCUT2D eigenvalue weighted by Crippen LogP contribution is -2.47. The van der Waals surface area contributed by atoms with E-state index in [9.17, 15) is 14.4 Å². The Hall–Kier alpha value is -3.99. The molecule has 11 heteroatoms. The first kappa shape index (κ1) is 25.3. The van der Waals surface area contributed by atoms with Gasteiger partial charge < -0.3 is 10.2 Å². The smallest absolute Gasteiger partial charge is 0.248 e. The Morgan fingerprint density at radius 2 is 1.87 bits per heavy atom. The maximum absolute atomic E-state index is 13.8. The molecule has 1 aromatic carbocycles. The molecule has 10 nitrogen and oxygen atoms in total. The molecular formula is C28H26BrN7O3. The first-order valence-corrected chi connectivity index (χ1v) is 13.5. The number of rotatable bonds is 6.